The Morgan fingerprint density at radius 2 is 2.00 bits per heavy atom. The molecule has 0 saturated carbocycles. The Labute approximate surface area is 145 Å². The lowest BCUT2D eigenvalue weighted by Gasteiger charge is -2.18. The maximum Gasteiger partial charge on any atom is 0.291 e. The summed E-state index contributed by atoms with van der Waals surface area (Å²) < 4.78 is 5.57. The summed E-state index contributed by atoms with van der Waals surface area (Å²) >= 11 is 6.68. The van der Waals surface area contributed by atoms with Crippen LogP contribution in [0.3, 0.4) is 0 Å². The first-order chi connectivity index (χ1) is 11.2. The predicted octanol–water partition coefficient (Wildman–Crippen LogP) is 4.11. The third kappa shape index (κ3) is 3.43. The van der Waals surface area contributed by atoms with Gasteiger partial charge in [0.2, 0.25) is 5.88 Å². The van der Waals surface area contributed by atoms with Gasteiger partial charge in [0.05, 0.1) is 0 Å². The van der Waals surface area contributed by atoms with E-state index in [4.69, 9.17) is 17.0 Å². The zero-order valence-electron chi connectivity index (χ0n) is 12.9. The van der Waals surface area contributed by atoms with Gasteiger partial charge in [0.25, 0.3) is 5.24 Å². The first-order valence-electron chi connectivity index (χ1n) is 7.62. The average molecular weight is 346 g/mol. The Morgan fingerprint density at radius 3 is 2.74 bits per heavy atom. The smallest absolute Gasteiger partial charge is 0.291 e. The van der Waals surface area contributed by atoms with Gasteiger partial charge in [-0.1, -0.05) is 49.5 Å². The molecule has 0 N–H and O–H groups in total. The molecule has 23 heavy (non-hydrogen) atoms. The fourth-order valence-corrected chi connectivity index (χ4v) is 3.87. The molecule has 0 unspecified atom stereocenters. The molecular weight excluding hydrogens is 328 g/mol. The number of nitrogens with zero attached hydrogens (tertiary/aromatic N) is 2. The molecule has 2 heterocycles. The van der Waals surface area contributed by atoms with Crippen molar-refractivity contribution in [2.45, 2.75) is 19.8 Å². The molecule has 1 amide bonds. The van der Waals surface area contributed by atoms with Gasteiger partial charge in [-0.2, -0.15) is 0 Å². The van der Waals surface area contributed by atoms with Crippen LogP contribution in [0.25, 0.3) is 0 Å². The Balaban J connectivity index is 1.72. The molecule has 0 aliphatic carbocycles. The van der Waals surface area contributed by atoms with Crippen molar-refractivity contribution >= 4 is 34.2 Å². The summed E-state index contributed by atoms with van der Waals surface area (Å²) in [5.41, 5.74) is 1.19. The molecule has 1 aromatic rings. The van der Waals surface area contributed by atoms with Crippen molar-refractivity contribution in [1.29, 1.82) is 0 Å². The lowest BCUT2D eigenvalue weighted by molar-refractivity contribution is 0.246. The van der Waals surface area contributed by atoms with Crippen molar-refractivity contribution in [2.24, 2.45) is 0 Å². The molecular formula is C17H18N2O2S2. The van der Waals surface area contributed by atoms with E-state index in [1.54, 1.807) is 11.2 Å². The van der Waals surface area contributed by atoms with Crippen LogP contribution in [0.5, 0.6) is 0 Å². The molecule has 1 aromatic carbocycles. The van der Waals surface area contributed by atoms with Gasteiger partial charge in [-0.15, -0.1) is 0 Å². The van der Waals surface area contributed by atoms with Crippen LogP contribution in [0.1, 0.15) is 18.9 Å². The quantitative estimate of drug-likeness (QED) is 0.592. The van der Waals surface area contributed by atoms with Gasteiger partial charge in [-0.3, -0.25) is 9.69 Å². The van der Waals surface area contributed by atoms with Crippen LogP contribution in [-0.2, 0) is 11.2 Å². The summed E-state index contributed by atoms with van der Waals surface area (Å²) in [7, 11) is 0. The zero-order valence-corrected chi connectivity index (χ0v) is 14.5. The highest BCUT2D eigenvalue weighted by Gasteiger charge is 2.36. The predicted molar refractivity (Wildman–Crippen MR) is 96.7 cm³/mol. The van der Waals surface area contributed by atoms with E-state index in [-0.39, 0.29) is 5.24 Å². The van der Waals surface area contributed by atoms with Crippen molar-refractivity contribution in [2.75, 3.05) is 13.1 Å². The van der Waals surface area contributed by atoms with Gasteiger partial charge in [0.15, 0.2) is 0 Å². The second kappa shape index (κ2) is 7.19. The van der Waals surface area contributed by atoms with Gasteiger partial charge in [-0.05, 0) is 30.2 Å². The van der Waals surface area contributed by atoms with Crippen LogP contribution < -0.4 is 0 Å². The number of rotatable bonds is 5. The fourth-order valence-electron chi connectivity index (χ4n) is 2.51. The number of amides is 1. The molecule has 4 nitrogen and oxygen atoms in total. The monoisotopic (exact) mass is 346 g/mol. The molecule has 1 fully saturated rings. The minimum Gasteiger partial charge on any atom is -0.446 e. The minimum atomic E-state index is -0.0274. The van der Waals surface area contributed by atoms with Gasteiger partial charge in [-0.25, -0.2) is 0 Å². The third-order valence-corrected chi connectivity index (χ3v) is 5.18. The molecule has 0 atom stereocenters. The van der Waals surface area contributed by atoms with Crippen LogP contribution in [-0.4, -0.2) is 33.1 Å². The van der Waals surface area contributed by atoms with E-state index in [0.717, 1.165) is 36.1 Å². The van der Waals surface area contributed by atoms with Crippen molar-refractivity contribution < 1.29 is 9.53 Å². The van der Waals surface area contributed by atoms with E-state index in [1.165, 1.54) is 5.56 Å². The minimum absolute atomic E-state index is 0.0274. The molecule has 0 aromatic heterocycles. The largest absolute Gasteiger partial charge is 0.446 e. The van der Waals surface area contributed by atoms with E-state index in [0.29, 0.717) is 17.4 Å². The molecule has 2 aliphatic heterocycles. The zero-order chi connectivity index (χ0) is 16.2. The summed E-state index contributed by atoms with van der Waals surface area (Å²) in [6, 6.07) is 10.1. The molecule has 120 valence electrons. The second-order valence-electron chi connectivity index (χ2n) is 5.29. The highest BCUT2D eigenvalue weighted by atomic mass is 32.2. The van der Waals surface area contributed by atoms with E-state index >= 15 is 0 Å². The fraction of sp³-hybridized carbons (Fsp3) is 0.294. The lowest BCUT2D eigenvalue weighted by atomic mass is 10.1. The summed E-state index contributed by atoms with van der Waals surface area (Å²) in [5, 5.41) is -0.0274. The maximum atomic E-state index is 12.3. The van der Waals surface area contributed by atoms with Crippen LogP contribution in [0.15, 0.2) is 53.6 Å². The van der Waals surface area contributed by atoms with E-state index in [2.05, 4.69) is 19.1 Å². The number of hydrogen-bond donors (Lipinski definition) is 0. The number of thioether (sulfide) groups is 1. The van der Waals surface area contributed by atoms with Crippen molar-refractivity contribution in [3.63, 3.8) is 0 Å². The van der Waals surface area contributed by atoms with Gasteiger partial charge >= 0.3 is 0 Å². The first kappa shape index (κ1) is 16.1. The summed E-state index contributed by atoms with van der Waals surface area (Å²) in [6.45, 7) is 3.54. The van der Waals surface area contributed by atoms with E-state index in [1.807, 2.05) is 29.3 Å². The summed E-state index contributed by atoms with van der Waals surface area (Å²) in [5.74, 6) is 0.678. The lowest BCUT2D eigenvalue weighted by Crippen LogP contribution is -2.30. The molecule has 0 spiro atoms. The SMILES string of the molecule is CCCN1C=CO/C1=C1\SC(=O)N(CCc2ccccc2)C1=S. The summed E-state index contributed by atoms with van der Waals surface area (Å²) in [6.07, 6.45) is 5.30. The highest BCUT2D eigenvalue weighted by molar-refractivity contribution is 8.19. The normalized spacial score (nSPS) is 20.6. The molecule has 0 radical (unpaired) electrons. The molecule has 3 rings (SSSR count). The number of carbonyl (C=O) groups is 1. The van der Waals surface area contributed by atoms with E-state index < -0.39 is 0 Å². The number of ether oxygens (including phenoxy) is 1. The number of thiocarbonyl (C=S) groups is 1. The Kier molecular flexibility index (Phi) is 5.03. The van der Waals surface area contributed by atoms with E-state index in [9.17, 15) is 4.79 Å². The third-order valence-electron chi connectivity index (χ3n) is 3.66. The molecule has 2 aliphatic rings. The maximum absolute atomic E-state index is 12.3. The highest BCUT2D eigenvalue weighted by Crippen LogP contribution is 2.37. The van der Waals surface area contributed by atoms with Crippen molar-refractivity contribution in [1.82, 2.24) is 9.80 Å². The molecule has 0 bridgehead atoms. The summed E-state index contributed by atoms with van der Waals surface area (Å²) in [4.78, 5) is 17.3. The Bertz CT molecular complexity index is 670. The standard InChI is InChI=1S/C17H18N2O2S2/c1-2-9-18-11-12-21-15(18)14-16(22)19(17(20)23-14)10-8-13-6-4-3-5-7-13/h3-7,11-12H,2,8-10H2,1H3/b15-14-. The number of carbonyl (C=O) groups excluding carboxylic acids is 1. The van der Waals surface area contributed by atoms with Gasteiger partial charge < -0.3 is 9.64 Å². The van der Waals surface area contributed by atoms with Crippen molar-refractivity contribution in [3.8, 4) is 0 Å². The average Bonchev–Trinajstić information content (AvgIpc) is 3.12. The first-order valence-corrected chi connectivity index (χ1v) is 8.85. The Morgan fingerprint density at radius 1 is 1.22 bits per heavy atom. The molecule has 6 heteroatoms. The second-order valence-corrected chi connectivity index (χ2v) is 6.64. The van der Waals surface area contributed by atoms with Crippen LogP contribution in [0, 0.1) is 0 Å². The van der Waals surface area contributed by atoms with Gasteiger partial charge in [0.1, 0.15) is 16.2 Å². The Hall–Kier alpha value is -1.79. The van der Waals surface area contributed by atoms with Crippen LogP contribution in [0.4, 0.5) is 4.79 Å². The number of hydrogen-bond acceptors (Lipinski definition) is 5. The van der Waals surface area contributed by atoms with Crippen LogP contribution >= 0.6 is 24.0 Å². The van der Waals surface area contributed by atoms with Crippen LogP contribution in [0.2, 0.25) is 0 Å². The van der Waals surface area contributed by atoms with Gasteiger partial charge in [0, 0.05) is 19.3 Å². The molecule has 1 saturated heterocycles. The topological polar surface area (TPSA) is 32.8 Å². The van der Waals surface area contributed by atoms with Crippen molar-refractivity contribution in [3.05, 3.63) is 59.1 Å². The number of benzene rings is 1.